The number of rotatable bonds is 2. The Balaban J connectivity index is 1.67. The molecule has 3 rings (SSSR count). The molecule has 1 aliphatic heterocycles. The Hall–Kier alpha value is -2.38. The fourth-order valence-corrected chi connectivity index (χ4v) is 2.53. The number of carbonyl (C=O) groups excluding carboxylic acids is 1. The first-order valence-electron chi connectivity index (χ1n) is 6.95. The standard InChI is InChI=1S/C14H14F2N4O2/c1-8-18-13(22-19-8)9-2-4-20(5-3-9)14(21)12-11(16)6-10(15)7-17-12/h6-7,9H,2-5H2,1H3. The molecule has 2 aromatic rings. The van der Waals surface area contributed by atoms with Crippen molar-refractivity contribution in [3.8, 4) is 0 Å². The quantitative estimate of drug-likeness (QED) is 0.849. The van der Waals surface area contributed by atoms with Crippen molar-refractivity contribution in [2.24, 2.45) is 0 Å². The van der Waals surface area contributed by atoms with Crippen molar-refractivity contribution in [3.05, 3.63) is 41.3 Å². The van der Waals surface area contributed by atoms with Gasteiger partial charge in [0.1, 0.15) is 5.82 Å². The minimum Gasteiger partial charge on any atom is -0.339 e. The molecular weight excluding hydrogens is 294 g/mol. The number of pyridine rings is 1. The molecule has 0 N–H and O–H groups in total. The van der Waals surface area contributed by atoms with E-state index in [2.05, 4.69) is 15.1 Å². The number of carbonyl (C=O) groups is 1. The molecule has 6 nitrogen and oxygen atoms in total. The summed E-state index contributed by atoms with van der Waals surface area (Å²) in [5, 5.41) is 3.75. The molecule has 116 valence electrons. The number of hydrogen-bond donors (Lipinski definition) is 0. The molecule has 2 aromatic heterocycles. The molecule has 8 heteroatoms. The summed E-state index contributed by atoms with van der Waals surface area (Å²) >= 11 is 0. The average Bonchev–Trinajstić information content (AvgIpc) is 2.93. The maximum absolute atomic E-state index is 13.6. The molecule has 3 heterocycles. The number of hydrogen-bond acceptors (Lipinski definition) is 5. The van der Waals surface area contributed by atoms with Crippen LogP contribution in [-0.2, 0) is 0 Å². The largest absolute Gasteiger partial charge is 0.339 e. The molecule has 1 fully saturated rings. The van der Waals surface area contributed by atoms with E-state index in [1.54, 1.807) is 6.92 Å². The number of amides is 1. The molecule has 0 aliphatic carbocycles. The number of nitrogens with zero attached hydrogens (tertiary/aromatic N) is 4. The van der Waals surface area contributed by atoms with Crippen LogP contribution < -0.4 is 0 Å². The number of aromatic nitrogens is 3. The third kappa shape index (κ3) is 2.81. The van der Waals surface area contributed by atoms with Gasteiger partial charge in [-0.05, 0) is 19.8 Å². The zero-order valence-corrected chi connectivity index (χ0v) is 11.9. The summed E-state index contributed by atoms with van der Waals surface area (Å²) in [5.41, 5.74) is -0.353. The van der Waals surface area contributed by atoms with E-state index in [4.69, 9.17) is 4.52 Å². The van der Waals surface area contributed by atoms with Crippen LogP contribution in [0.3, 0.4) is 0 Å². The van der Waals surface area contributed by atoms with Gasteiger partial charge < -0.3 is 9.42 Å². The highest BCUT2D eigenvalue weighted by atomic mass is 19.1. The Morgan fingerprint density at radius 3 is 2.68 bits per heavy atom. The summed E-state index contributed by atoms with van der Waals surface area (Å²) in [6.07, 6.45) is 2.14. The van der Waals surface area contributed by atoms with Crippen molar-refractivity contribution in [2.45, 2.75) is 25.7 Å². The maximum atomic E-state index is 13.6. The van der Waals surface area contributed by atoms with E-state index >= 15 is 0 Å². The van der Waals surface area contributed by atoms with Crippen LogP contribution in [-0.4, -0.2) is 39.0 Å². The summed E-state index contributed by atoms with van der Waals surface area (Å²) in [4.78, 5) is 21.5. The van der Waals surface area contributed by atoms with Crippen LogP contribution in [0.25, 0.3) is 0 Å². The zero-order chi connectivity index (χ0) is 15.7. The van der Waals surface area contributed by atoms with Crippen molar-refractivity contribution in [2.75, 3.05) is 13.1 Å². The minimum atomic E-state index is -0.945. The summed E-state index contributed by atoms with van der Waals surface area (Å²) in [6, 6.07) is 0.661. The van der Waals surface area contributed by atoms with Gasteiger partial charge in [0.05, 0.1) is 6.20 Å². The first kappa shape index (κ1) is 14.6. The maximum Gasteiger partial charge on any atom is 0.275 e. The summed E-state index contributed by atoms with van der Waals surface area (Å²) in [5.74, 6) is -1.05. The van der Waals surface area contributed by atoms with Gasteiger partial charge in [0.15, 0.2) is 17.3 Å². The summed E-state index contributed by atoms with van der Waals surface area (Å²) in [6.45, 7) is 2.61. The second-order valence-electron chi connectivity index (χ2n) is 5.23. The lowest BCUT2D eigenvalue weighted by atomic mass is 9.96. The fraction of sp³-hybridized carbons (Fsp3) is 0.429. The summed E-state index contributed by atoms with van der Waals surface area (Å²) in [7, 11) is 0. The topological polar surface area (TPSA) is 72.1 Å². The van der Waals surface area contributed by atoms with Gasteiger partial charge in [0.25, 0.3) is 5.91 Å². The van der Waals surface area contributed by atoms with E-state index in [0.717, 1.165) is 6.20 Å². The van der Waals surface area contributed by atoms with Gasteiger partial charge in [-0.15, -0.1) is 0 Å². The van der Waals surface area contributed by atoms with Gasteiger partial charge in [-0.3, -0.25) is 4.79 Å². The SMILES string of the molecule is Cc1noc(C2CCN(C(=O)c3ncc(F)cc3F)CC2)n1. The molecule has 22 heavy (non-hydrogen) atoms. The van der Waals surface area contributed by atoms with Gasteiger partial charge in [0.2, 0.25) is 5.89 Å². The van der Waals surface area contributed by atoms with Gasteiger partial charge in [0, 0.05) is 25.1 Å². The van der Waals surface area contributed by atoms with Crippen LogP contribution >= 0.6 is 0 Å². The molecule has 0 unspecified atom stereocenters. The van der Waals surface area contributed by atoms with Crippen molar-refractivity contribution in [3.63, 3.8) is 0 Å². The molecular formula is C14H14F2N4O2. The number of piperidine rings is 1. The van der Waals surface area contributed by atoms with Crippen molar-refractivity contribution in [1.82, 2.24) is 20.0 Å². The van der Waals surface area contributed by atoms with Gasteiger partial charge in [-0.25, -0.2) is 13.8 Å². The van der Waals surface area contributed by atoms with Crippen LogP contribution in [0.1, 0.15) is 41.0 Å². The average molecular weight is 308 g/mol. The number of halogens is 2. The monoisotopic (exact) mass is 308 g/mol. The van der Waals surface area contributed by atoms with Crippen molar-refractivity contribution < 1.29 is 18.1 Å². The van der Waals surface area contributed by atoms with Crippen LogP contribution in [0.5, 0.6) is 0 Å². The molecule has 0 spiro atoms. The van der Waals surface area contributed by atoms with Gasteiger partial charge in [-0.1, -0.05) is 5.16 Å². The second-order valence-corrected chi connectivity index (χ2v) is 5.23. The first-order chi connectivity index (χ1) is 10.5. The molecule has 0 bridgehead atoms. The Morgan fingerprint density at radius 1 is 1.36 bits per heavy atom. The molecule has 0 atom stereocenters. The first-order valence-corrected chi connectivity index (χ1v) is 6.95. The molecule has 1 aliphatic rings. The Bertz CT molecular complexity index is 696. The van der Waals surface area contributed by atoms with E-state index in [0.29, 0.717) is 43.7 Å². The molecule has 1 saturated heterocycles. The number of likely N-dealkylation sites (tertiary alicyclic amines) is 1. The lowest BCUT2D eigenvalue weighted by Gasteiger charge is -2.30. The van der Waals surface area contributed by atoms with E-state index < -0.39 is 17.5 Å². The highest BCUT2D eigenvalue weighted by molar-refractivity contribution is 5.92. The lowest BCUT2D eigenvalue weighted by molar-refractivity contribution is 0.0693. The predicted molar refractivity (Wildman–Crippen MR) is 71.1 cm³/mol. The van der Waals surface area contributed by atoms with E-state index in [-0.39, 0.29) is 11.6 Å². The third-order valence-corrected chi connectivity index (χ3v) is 3.69. The Kier molecular flexibility index (Phi) is 3.82. The van der Waals surface area contributed by atoms with Crippen LogP contribution in [0.4, 0.5) is 8.78 Å². The minimum absolute atomic E-state index is 0.0938. The van der Waals surface area contributed by atoms with Crippen molar-refractivity contribution >= 4 is 5.91 Å². The Labute approximate surface area is 125 Å². The molecule has 0 saturated carbocycles. The smallest absolute Gasteiger partial charge is 0.275 e. The predicted octanol–water partition coefficient (Wildman–Crippen LogP) is 2.07. The van der Waals surface area contributed by atoms with Crippen LogP contribution in [0, 0.1) is 18.6 Å². The number of aryl methyl sites for hydroxylation is 1. The normalized spacial score (nSPS) is 16.0. The lowest BCUT2D eigenvalue weighted by Crippen LogP contribution is -2.38. The Morgan fingerprint density at radius 2 is 2.09 bits per heavy atom. The third-order valence-electron chi connectivity index (χ3n) is 3.69. The van der Waals surface area contributed by atoms with Gasteiger partial charge in [-0.2, -0.15) is 4.98 Å². The summed E-state index contributed by atoms with van der Waals surface area (Å²) < 4.78 is 31.6. The van der Waals surface area contributed by atoms with E-state index in [1.165, 1.54) is 4.90 Å². The second kappa shape index (κ2) is 5.78. The molecule has 0 aromatic carbocycles. The highest BCUT2D eigenvalue weighted by Gasteiger charge is 2.29. The van der Waals surface area contributed by atoms with E-state index in [1.807, 2.05) is 0 Å². The van der Waals surface area contributed by atoms with Crippen molar-refractivity contribution in [1.29, 1.82) is 0 Å². The molecule has 1 amide bonds. The van der Waals surface area contributed by atoms with Crippen LogP contribution in [0.15, 0.2) is 16.8 Å². The zero-order valence-electron chi connectivity index (χ0n) is 11.9. The van der Waals surface area contributed by atoms with E-state index in [9.17, 15) is 13.6 Å². The molecule has 0 radical (unpaired) electrons. The van der Waals surface area contributed by atoms with Crippen LogP contribution in [0.2, 0.25) is 0 Å². The van der Waals surface area contributed by atoms with Gasteiger partial charge >= 0.3 is 0 Å². The fourth-order valence-electron chi connectivity index (χ4n) is 2.53. The highest BCUT2D eigenvalue weighted by Crippen LogP contribution is 2.27.